The summed E-state index contributed by atoms with van der Waals surface area (Å²) in [4.78, 5) is 0. The van der Waals surface area contributed by atoms with Crippen LogP contribution in [0.5, 0.6) is 0 Å². The van der Waals surface area contributed by atoms with Crippen LogP contribution in [-0.2, 0) is 32.1 Å². The van der Waals surface area contributed by atoms with Gasteiger partial charge in [-0.25, -0.2) is 0 Å². The van der Waals surface area contributed by atoms with Gasteiger partial charge in [0.15, 0.2) is 0 Å². The van der Waals surface area contributed by atoms with E-state index >= 15 is 0 Å². The Morgan fingerprint density at radius 3 is 0.638 bits per heavy atom. The Bertz CT molecular complexity index is 766. The van der Waals surface area contributed by atoms with Crippen LogP contribution >= 0.6 is 0 Å². The summed E-state index contributed by atoms with van der Waals surface area (Å²) in [5.74, 6) is 0. The van der Waals surface area contributed by atoms with Crippen LogP contribution in [0.25, 0.3) is 0 Å². The molecule has 0 heterocycles. The number of unbranched alkanes of at least 4 members (excludes halogenated alkanes) is 25. The van der Waals surface area contributed by atoms with Gasteiger partial charge in [0.2, 0.25) is 0 Å². The summed E-state index contributed by atoms with van der Waals surface area (Å²) >= 11 is 0. The molecule has 0 amide bonds. The maximum absolute atomic E-state index is 7.43. The molecule has 0 saturated carbocycles. The zero-order valence-corrected chi connectivity index (χ0v) is 33.3. The highest BCUT2D eigenvalue weighted by atomic mass is 14.6. The van der Waals surface area contributed by atoms with Gasteiger partial charge in [-0.3, -0.25) is 0 Å². The maximum Gasteiger partial charge on any atom is 0.0384 e. The smallest absolute Gasteiger partial charge is 0.0384 e. The van der Waals surface area contributed by atoms with E-state index in [0.29, 0.717) is 0 Å². The molecule has 0 aliphatic carbocycles. The third-order valence-electron chi connectivity index (χ3n) is 11.0. The second kappa shape index (κ2) is 32.2. The minimum absolute atomic E-state index is 1.22. The quantitative estimate of drug-likeness (QED) is 0.0572. The summed E-state index contributed by atoms with van der Waals surface area (Å²) in [7, 11) is 0. The Balaban J connectivity index is 3.42. The van der Waals surface area contributed by atoms with Crippen LogP contribution in [-0.4, -0.2) is 0 Å². The van der Waals surface area contributed by atoms with Crippen LogP contribution in [0.4, 0.5) is 5.69 Å². The summed E-state index contributed by atoms with van der Waals surface area (Å²) in [5.41, 5.74) is 17.2. The standard InChI is InChI=1S/C46H87N/c1-6-11-16-21-26-31-36-41-42(37-32-27-22-17-12-7-2)44(39-34-29-24-19-14-9-4)46(47)45(40-35-30-25-20-15-10-5)43(41)38-33-28-23-18-13-8-3/h6-40,47H2,1-5H3. The first-order chi connectivity index (χ1) is 23.2. The molecule has 0 spiro atoms. The molecule has 0 aliphatic heterocycles. The molecule has 276 valence electrons. The van der Waals surface area contributed by atoms with Crippen molar-refractivity contribution in [3.8, 4) is 0 Å². The van der Waals surface area contributed by atoms with Gasteiger partial charge >= 0.3 is 0 Å². The van der Waals surface area contributed by atoms with Gasteiger partial charge < -0.3 is 5.73 Å². The fourth-order valence-corrected chi connectivity index (χ4v) is 7.94. The van der Waals surface area contributed by atoms with Gasteiger partial charge in [-0.15, -0.1) is 0 Å². The molecule has 1 aromatic carbocycles. The fraction of sp³-hybridized carbons (Fsp3) is 0.870. The Morgan fingerprint density at radius 2 is 0.404 bits per heavy atom. The van der Waals surface area contributed by atoms with Crippen LogP contribution in [0, 0.1) is 0 Å². The Hall–Kier alpha value is -0.980. The molecule has 0 radical (unpaired) electrons. The van der Waals surface area contributed by atoms with Gasteiger partial charge in [-0.05, 0) is 92.0 Å². The van der Waals surface area contributed by atoms with Crippen molar-refractivity contribution >= 4 is 5.69 Å². The van der Waals surface area contributed by atoms with E-state index in [9.17, 15) is 0 Å². The lowest BCUT2D eigenvalue weighted by molar-refractivity contribution is 0.584. The van der Waals surface area contributed by atoms with Crippen molar-refractivity contribution in [2.24, 2.45) is 0 Å². The number of benzene rings is 1. The van der Waals surface area contributed by atoms with E-state index in [1.54, 1.807) is 27.8 Å². The highest BCUT2D eigenvalue weighted by Crippen LogP contribution is 2.37. The SMILES string of the molecule is CCCCCCCCc1c(N)c(CCCCCCCC)c(CCCCCCCC)c(CCCCCCCC)c1CCCCCCCC. The highest BCUT2D eigenvalue weighted by Gasteiger charge is 2.22. The fourth-order valence-electron chi connectivity index (χ4n) is 7.94. The number of hydrogen-bond acceptors (Lipinski definition) is 1. The van der Waals surface area contributed by atoms with Gasteiger partial charge in [0, 0.05) is 5.69 Å². The van der Waals surface area contributed by atoms with Crippen LogP contribution in [0.15, 0.2) is 0 Å². The summed E-state index contributed by atoms with van der Waals surface area (Å²) in [6.45, 7) is 11.7. The second-order valence-corrected chi connectivity index (χ2v) is 15.4. The molecule has 1 rings (SSSR count). The zero-order valence-electron chi connectivity index (χ0n) is 33.3. The van der Waals surface area contributed by atoms with Crippen LogP contribution in [0.1, 0.15) is 255 Å². The molecule has 0 fully saturated rings. The molecule has 1 aromatic rings. The van der Waals surface area contributed by atoms with Crippen molar-refractivity contribution < 1.29 is 0 Å². The monoisotopic (exact) mass is 654 g/mol. The minimum atomic E-state index is 1.22. The van der Waals surface area contributed by atoms with E-state index in [1.807, 2.05) is 0 Å². The molecule has 47 heavy (non-hydrogen) atoms. The van der Waals surface area contributed by atoms with Crippen molar-refractivity contribution in [1.82, 2.24) is 0 Å². The van der Waals surface area contributed by atoms with E-state index in [0.717, 1.165) is 0 Å². The zero-order chi connectivity index (χ0) is 34.2. The van der Waals surface area contributed by atoms with Crippen LogP contribution in [0.2, 0.25) is 0 Å². The number of hydrogen-bond donors (Lipinski definition) is 1. The molecule has 0 atom stereocenters. The van der Waals surface area contributed by atoms with Crippen molar-refractivity contribution in [3.63, 3.8) is 0 Å². The van der Waals surface area contributed by atoms with E-state index in [1.165, 1.54) is 230 Å². The number of anilines is 1. The van der Waals surface area contributed by atoms with E-state index in [-0.39, 0.29) is 0 Å². The number of rotatable bonds is 35. The lowest BCUT2D eigenvalue weighted by Gasteiger charge is -2.26. The summed E-state index contributed by atoms with van der Waals surface area (Å²) in [6, 6.07) is 0. The third-order valence-corrected chi connectivity index (χ3v) is 11.0. The molecule has 0 saturated heterocycles. The van der Waals surface area contributed by atoms with Crippen LogP contribution < -0.4 is 5.73 Å². The third kappa shape index (κ3) is 21.0. The van der Waals surface area contributed by atoms with Gasteiger partial charge in [0.1, 0.15) is 0 Å². The largest absolute Gasteiger partial charge is 0.398 e. The van der Waals surface area contributed by atoms with Crippen molar-refractivity contribution in [3.05, 3.63) is 27.8 Å². The molecule has 0 bridgehead atoms. The Kier molecular flexibility index (Phi) is 30.2. The summed E-state index contributed by atoms with van der Waals surface area (Å²) in [5, 5.41) is 0. The van der Waals surface area contributed by atoms with E-state index in [4.69, 9.17) is 5.73 Å². The lowest BCUT2D eigenvalue weighted by atomic mass is 9.80. The molecular weight excluding hydrogens is 567 g/mol. The minimum Gasteiger partial charge on any atom is -0.398 e. The lowest BCUT2D eigenvalue weighted by Crippen LogP contribution is -2.14. The molecule has 1 heteroatoms. The van der Waals surface area contributed by atoms with E-state index < -0.39 is 0 Å². The normalized spacial score (nSPS) is 11.6. The summed E-state index contributed by atoms with van der Waals surface area (Å²) in [6.07, 6.45) is 47.6. The Morgan fingerprint density at radius 1 is 0.234 bits per heavy atom. The topological polar surface area (TPSA) is 26.0 Å². The predicted octanol–water partition coefficient (Wildman–Crippen LogP) is 15.8. The first kappa shape index (κ1) is 44.0. The van der Waals surface area contributed by atoms with Crippen molar-refractivity contribution in [1.29, 1.82) is 0 Å². The van der Waals surface area contributed by atoms with Gasteiger partial charge in [0.05, 0.1) is 0 Å². The van der Waals surface area contributed by atoms with Gasteiger partial charge in [-0.1, -0.05) is 195 Å². The molecule has 0 aromatic heterocycles. The second-order valence-electron chi connectivity index (χ2n) is 15.4. The number of nitrogen functional groups attached to an aromatic ring is 1. The molecule has 2 N–H and O–H groups in total. The molecule has 1 nitrogen and oxygen atoms in total. The van der Waals surface area contributed by atoms with Gasteiger partial charge in [-0.2, -0.15) is 0 Å². The van der Waals surface area contributed by atoms with Gasteiger partial charge in [0.25, 0.3) is 0 Å². The average molecular weight is 654 g/mol. The maximum atomic E-state index is 7.43. The first-order valence-corrected chi connectivity index (χ1v) is 22.1. The van der Waals surface area contributed by atoms with Crippen molar-refractivity contribution in [2.45, 2.75) is 259 Å². The Labute approximate surface area is 297 Å². The predicted molar refractivity (Wildman–Crippen MR) is 216 cm³/mol. The average Bonchev–Trinajstić information content (AvgIpc) is 3.08. The van der Waals surface area contributed by atoms with E-state index in [2.05, 4.69) is 34.6 Å². The molecule has 0 aliphatic rings. The molecule has 0 unspecified atom stereocenters. The van der Waals surface area contributed by atoms with Crippen LogP contribution in [0.3, 0.4) is 0 Å². The summed E-state index contributed by atoms with van der Waals surface area (Å²) < 4.78 is 0. The molecular formula is C46H87N. The highest BCUT2D eigenvalue weighted by molar-refractivity contribution is 5.64. The first-order valence-electron chi connectivity index (χ1n) is 22.1. The van der Waals surface area contributed by atoms with Crippen molar-refractivity contribution in [2.75, 3.05) is 5.73 Å². The number of nitrogens with two attached hydrogens (primary N) is 1.